The third-order valence-electron chi connectivity index (χ3n) is 0. The van der Waals surface area contributed by atoms with E-state index in [0.29, 0.717) is 0 Å². The summed E-state index contributed by atoms with van der Waals surface area (Å²) < 4.78 is 0. The predicted octanol–water partition coefficient (Wildman–Crippen LogP) is 19.5. The van der Waals surface area contributed by atoms with Crippen molar-refractivity contribution >= 4 is 0 Å². The molecule has 0 aliphatic heterocycles. The number of rotatable bonds is 0. The van der Waals surface area contributed by atoms with Crippen LogP contribution in [0.5, 0.6) is 0 Å². The summed E-state index contributed by atoms with van der Waals surface area (Å²) in [5, 5.41) is 0. The molecule has 0 aromatic heterocycles. The highest BCUT2D eigenvalue weighted by Gasteiger charge is 0.958. The summed E-state index contributed by atoms with van der Waals surface area (Å²) in [5.41, 5.74) is 0. The van der Waals surface area contributed by atoms with E-state index in [1.165, 1.54) is 0 Å². The Kier molecular flexibility index (Phi) is 0. The van der Waals surface area contributed by atoms with Gasteiger partial charge in [-0.1, -0.05) is 253 Å². The molecule has 0 heteroatoms. The van der Waals surface area contributed by atoms with E-state index in [9.17, 15) is 0 Å². The summed E-state index contributed by atoms with van der Waals surface area (Å²) in [6, 6.07) is 0. The Bertz CT molecular complexity index is 0. The maximum atomic E-state index is 2.00. The van der Waals surface area contributed by atoms with E-state index in [0.717, 1.165) is 0 Å². The lowest BCUT2D eigenvalue weighted by Crippen LogP contribution is -0.856. The van der Waals surface area contributed by atoms with Crippen molar-refractivity contribution in [3.8, 4) is 0 Å². The van der Waals surface area contributed by atoms with Crippen LogP contribution in [0.1, 0.15) is 253 Å². The van der Waals surface area contributed by atoms with Crippen LogP contribution in [0.25, 0.3) is 0 Å². The van der Waals surface area contributed by atoms with Crippen LogP contribution in [0.2, 0.25) is 0 Å². The molecule has 0 saturated heterocycles. The van der Waals surface area contributed by atoms with Crippen LogP contribution in [0.15, 0.2) is 0 Å². The molecule has 0 heterocycles. The fraction of sp³-hybridized carbons (Fsp3) is 1.00. The first-order valence-corrected chi connectivity index (χ1v) is 14.0. The summed E-state index contributed by atoms with van der Waals surface area (Å²) in [4.78, 5) is 0. The summed E-state index contributed by atoms with van der Waals surface area (Å²) >= 11 is 0. The molecule has 0 radical (unpaired) electrons. The Hall–Kier alpha value is 0. The Morgan fingerprint density at radius 3 is 0.0833 bits per heavy atom. The average molecular weight is 549 g/mol. The summed E-state index contributed by atoms with van der Waals surface area (Å²) in [6.45, 7) is 56.0. The molecule has 0 N–H and O–H groups in total. The molecule has 260 valence electrons. The highest BCUT2D eigenvalue weighted by atomic mass is 13.0. The maximum absolute atomic E-state index is 2.00. The van der Waals surface area contributed by atoms with Crippen molar-refractivity contribution in [2.75, 3.05) is 0 Å². The largest absolute Gasteiger partial charge is 0.0776 e. The molecule has 0 saturated carbocycles. The lowest BCUT2D eigenvalue weighted by Gasteiger charge is -1.07. The summed E-state index contributed by atoms with van der Waals surface area (Å²) in [7, 11) is 0. The maximum Gasteiger partial charge on any atom is -0.0683 e. The first kappa shape index (κ1) is 225. The molecule has 0 aliphatic rings. The van der Waals surface area contributed by atoms with E-state index in [-0.39, 0.29) is 59.4 Å². The number of hydrogen-bond acceptors (Lipinski definition) is 0. The molecule has 0 bridgehead atoms. The SMILES string of the molecule is C.C.C.C.C.C.C.C.CC.CC.CC.CC.CC.CC.CC.CC.CC.CC.CC.CC.CC.CC. The van der Waals surface area contributed by atoms with E-state index in [2.05, 4.69) is 0 Å². The van der Waals surface area contributed by atoms with Gasteiger partial charge in [0.05, 0.1) is 0 Å². The van der Waals surface area contributed by atoms with Gasteiger partial charge < -0.3 is 0 Å². The van der Waals surface area contributed by atoms with E-state index < -0.39 is 0 Å². The monoisotopic (exact) mass is 549 g/mol. The van der Waals surface area contributed by atoms with E-state index in [4.69, 9.17) is 0 Å². The molecule has 0 aromatic rings. The molecule has 0 fully saturated rings. The Morgan fingerprint density at radius 2 is 0.0833 bits per heavy atom. The van der Waals surface area contributed by atoms with Crippen LogP contribution >= 0.6 is 0 Å². The molecular formula is C36H116. The molecule has 0 atom stereocenters. The smallest absolute Gasteiger partial charge is 0.0683 e. The van der Waals surface area contributed by atoms with E-state index in [1.54, 1.807) is 0 Å². The minimum atomic E-state index is 0. The summed E-state index contributed by atoms with van der Waals surface area (Å²) in [5.74, 6) is 0. The molecule has 0 aromatic carbocycles. The molecular weight excluding hydrogens is 432 g/mol. The second-order valence-corrected chi connectivity index (χ2v) is 0. The van der Waals surface area contributed by atoms with Crippen molar-refractivity contribution in [2.24, 2.45) is 0 Å². The molecule has 36 heavy (non-hydrogen) atoms. The van der Waals surface area contributed by atoms with Gasteiger partial charge in [0.25, 0.3) is 0 Å². The van der Waals surface area contributed by atoms with Crippen molar-refractivity contribution in [3.05, 3.63) is 0 Å². The van der Waals surface area contributed by atoms with Crippen LogP contribution in [-0.4, -0.2) is 0 Å². The van der Waals surface area contributed by atoms with Gasteiger partial charge in [0.1, 0.15) is 0 Å². The molecule has 0 spiro atoms. The third kappa shape index (κ3) is 0. The van der Waals surface area contributed by atoms with Crippen LogP contribution in [0.3, 0.4) is 0 Å². The van der Waals surface area contributed by atoms with Crippen molar-refractivity contribution in [3.63, 3.8) is 0 Å². The van der Waals surface area contributed by atoms with Crippen LogP contribution in [0, 0.1) is 0 Å². The van der Waals surface area contributed by atoms with Gasteiger partial charge in [-0.25, -0.2) is 0 Å². The zero-order valence-electron chi connectivity index (χ0n) is 28.0. The van der Waals surface area contributed by atoms with Crippen molar-refractivity contribution in [2.45, 2.75) is 253 Å². The fourth-order valence-corrected chi connectivity index (χ4v) is 0. The van der Waals surface area contributed by atoms with Crippen LogP contribution < -0.4 is 0 Å². The zero-order valence-corrected chi connectivity index (χ0v) is 28.0. The van der Waals surface area contributed by atoms with E-state index in [1.807, 2.05) is 194 Å². The lowest BCUT2D eigenvalue weighted by atomic mass is 11.0. The molecule has 0 aliphatic carbocycles. The van der Waals surface area contributed by atoms with E-state index >= 15 is 0 Å². The second-order valence-electron chi connectivity index (χ2n) is 0. The average Bonchev–Trinajstić information content (AvgIpc) is 2.95. The first-order valence-electron chi connectivity index (χ1n) is 14.0. The fourth-order valence-electron chi connectivity index (χ4n) is 0. The van der Waals surface area contributed by atoms with Gasteiger partial charge in [-0.2, -0.15) is 0 Å². The molecule has 0 nitrogen and oxygen atoms in total. The quantitative estimate of drug-likeness (QED) is 0.282. The lowest BCUT2D eigenvalue weighted by molar-refractivity contribution is 1.50. The van der Waals surface area contributed by atoms with Gasteiger partial charge in [0.2, 0.25) is 0 Å². The highest BCUT2D eigenvalue weighted by Crippen LogP contribution is 1.17. The highest BCUT2D eigenvalue weighted by molar-refractivity contribution is 3.53. The predicted molar refractivity (Wildman–Crippen MR) is 213 cm³/mol. The minimum Gasteiger partial charge on any atom is -0.0776 e. The van der Waals surface area contributed by atoms with Crippen molar-refractivity contribution in [1.82, 2.24) is 0 Å². The van der Waals surface area contributed by atoms with Crippen LogP contribution in [-0.2, 0) is 0 Å². The summed E-state index contributed by atoms with van der Waals surface area (Å²) in [6.07, 6.45) is 0. The third-order valence-corrected chi connectivity index (χ3v) is 0. The number of hydrogen-bond donors (Lipinski definition) is 0. The first-order chi connectivity index (χ1) is 14.0. The Labute approximate surface area is 253 Å². The van der Waals surface area contributed by atoms with Crippen LogP contribution in [0.4, 0.5) is 0 Å². The second kappa shape index (κ2) is 0. The van der Waals surface area contributed by atoms with Crippen molar-refractivity contribution < 1.29 is 0 Å². The van der Waals surface area contributed by atoms with Gasteiger partial charge in [-0.3, -0.25) is 0 Å². The van der Waals surface area contributed by atoms with Gasteiger partial charge >= 0.3 is 0 Å². The van der Waals surface area contributed by atoms with Gasteiger partial charge in [0.15, 0.2) is 0 Å². The molecule has 0 unspecified atom stereocenters. The Morgan fingerprint density at radius 1 is 0.0833 bits per heavy atom. The normalized spacial score (nSPS) is 2.33. The van der Waals surface area contributed by atoms with Crippen molar-refractivity contribution in [1.29, 1.82) is 0 Å². The zero-order chi connectivity index (χ0) is 28.0. The minimum absolute atomic E-state index is 0. The van der Waals surface area contributed by atoms with Gasteiger partial charge in [-0.15, -0.1) is 0 Å². The van der Waals surface area contributed by atoms with Gasteiger partial charge in [0, 0.05) is 0 Å². The molecule has 0 amide bonds. The molecule has 0 rings (SSSR count). The Balaban J connectivity index is -0.00000000288. The topological polar surface area (TPSA) is 0 Å². The van der Waals surface area contributed by atoms with Gasteiger partial charge in [-0.05, 0) is 0 Å². The standard InChI is InChI=1S/14C2H6.8CH4/c14*1-2;;;;;;;;/h14*1-2H3;8*1H4.